The Balaban J connectivity index is 2.27. The predicted octanol–water partition coefficient (Wildman–Crippen LogP) is 3.80. The van der Waals surface area contributed by atoms with Crippen LogP contribution in [-0.4, -0.2) is 11.4 Å². The van der Waals surface area contributed by atoms with Crippen molar-refractivity contribution in [1.82, 2.24) is 0 Å². The molecule has 1 N–H and O–H groups in total. The normalized spacial score (nSPS) is 12.4. The van der Waals surface area contributed by atoms with E-state index in [0.29, 0.717) is 0 Å². The quantitative estimate of drug-likeness (QED) is 0.829. The van der Waals surface area contributed by atoms with Crippen LogP contribution < -0.4 is 0 Å². The number of rotatable bonds is 3. The molecule has 0 aliphatic carbocycles. The summed E-state index contributed by atoms with van der Waals surface area (Å²) >= 11 is 1.71. The molecule has 0 bridgehead atoms. The SMILES string of the molecule is CSc1ccc(C(O)c2cccc(C)c2)cc1. The first kappa shape index (κ1) is 12.2. The minimum atomic E-state index is -0.536. The molecule has 0 radical (unpaired) electrons. The first-order valence-electron chi connectivity index (χ1n) is 5.59. The van der Waals surface area contributed by atoms with E-state index in [9.17, 15) is 5.11 Å². The van der Waals surface area contributed by atoms with Gasteiger partial charge in [-0.25, -0.2) is 0 Å². The van der Waals surface area contributed by atoms with E-state index in [2.05, 4.69) is 0 Å². The molecule has 0 spiro atoms. The zero-order valence-electron chi connectivity index (χ0n) is 10.1. The van der Waals surface area contributed by atoms with Gasteiger partial charge in [-0.05, 0) is 36.4 Å². The van der Waals surface area contributed by atoms with Crippen molar-refractivity contribution in [1.29, 1.82) is 0 Å². The molecule has 1 unspecified atom stereocenters. The maximum Gasteiger partial charge on any atom is 0.104 e. The zero-order valence-corrected chi connectivity index (χ0v) is 10.9. The summed E-state index contributed by atoms with van der Waals surface area (Å²) in [7, 11) is 0. The molecular weight excluding hydrogens is 228 g/mol. The molecule has 1 nitrogen and oxygen atoms in total. The molecule has 2 rings (SSSR count). The Bertz CT molecular complexity index is 491. The summed E-state index contributed by atoms with van der Waals surface area (Å²) in [5, 5.41) is 10.3. The minimum absolute atomic E-state index is 0.536. The van der Waals surface area contributed by atoms with Crippen LogP contribution in [0.2, 0.25) is 0 Å². The van der Waals surface area contributed by atoms with Crippen molar-refractivity contribution in [3.05, 3.63) is 65.2 Å². The fourth-order valence-electron chi connectivity index (χ4n) is 1.82. The van der Waals surface area contributed by atoms with Gasteiger partial charge in [0.15, 0.2) is 0 Å². The van der Waals surface area contributed by atoms with E-state index in [1.54, 1.807) is 11.8 Å². The number of thioether (sulfide) groups is 1. The van der Waals surface area contributed by atoms with E-state index < -0.39 is 6.10 Å². The fraction of sp³-hybridized carbons (Fsp3) is 0.200. The molecule has 2 aromatic carbocycles. The summed E-state index contributed by atoms with van der Waals surface area (Å²) in [5.74, 6) is 0. The van der Waals surface area contributed by atoms with E-state index >= 15 is 0 Å². The second-order valence-corrected chi connectivity index (χ2v) is 4.97. The number of benzene rings is 2. The van der Waals surface area contributed by atoms with Gasteiger partial charge in [-0.1, -0.05) is 42.0 Å². The molecule has 0 aliphatic heterocycles. The lowest BCUT2D eigenvalue weighted by Crippen LogP contribution is -1.99. The highest BCUT2D eigenvalue weighted by Gasteiger charge is 2.09. The van der Waals surface area contributed by atoms with E-state index in [1.165, 1.54) is 10.5 Å². The number of aliphatic hydroxyl groups excluding tert-OH is 1. The van der Waals surface area contributed by atoms with Gasteiger partial charge in [0, 0.05) is 4.90 Å². The lowest BCUT2D eigenvalue weighted by molar-refractivity contribution is 0.220. The van der Waals surface area contributed by atoms with Crippen molar-refractivity contribution in [2.24, 2.45) is 0 Å². The lowest BCUT2D eigenvalue weighted by atomic mass is 10.0. The van der Waals surface area contributed by atoms with Gasteiger partial charge in [0.1, 0.15) is 6.10 Å². The molecule has 2 aromatic rings. The molecule has 0 saturated carbocycles. The van der Waals surface area contributed by atoms with Gasteiger partial charge in [0.05, 0.1) is 0 Å². The monoisotopic (exact) mass is 244 g/mol. The first-order valence-corrected chi connectivity index (χ1v) is 6.82. The van der Waals surface area contributed by atoms with Crippen LogP contribution in [-0.2, 0) is 0 Å². The Labute approximate surface area is 107 Å². The summed E-state index contributed by atoms with van der Waals surface area (Å²) in [4.78, 5) is 1.21. The average molecular weight is 244 g/mol. The van der Waals surface area contributed by atoms with Gasteiger partial charge in [-0.2, -0.15) is 0 Å². The van der Waals surface area contributed by atoms with Gasteiger partial charge in [0.25, 0.3) is 0 Å². The Morgan fingerprint density at radius 1 is 1.00 bits per heavy atom. The van der Waals surface area contributed by atoms with E-state index in [-0.39, 0.29) is 0 Å². The number of hydrogen-bond donors (Lipinski definition) is 1. The van der Waals surface area contributed by atoms with E-state index in [1.807, 2.05) is 61.7 Å². The molecule has 0 aliphatic rings. The van der Waals surface area contributed by atoms with Crippen molar-refractivity contribution < 1.29 is 5.11 Å². The predicted molar refractivity (Wildman–Crippen MR) is 73.5 cm³/mol. The van der Waals surface area contributed by atoms with Crippen LogP contribution in [0.3, 0.4) is 0 Å². The van der Waals surface area contributed by atoms with Gasteiger partial charge in [0.2, 0.25) is 0 Å². The topological polar surface area (TPSA) is 20.2 Å². The highest BCUT2D eigenvalue weighted by Crippen LogP contribution is 2.24. The summed E-state index contributed by atoms with van der Waals surface area (Å²) in [6, 6.07) is 16.0. The third-order valence-electron chi connectivity index (χ3n) is 2.79. The van der Waals surface area contributed by atoms with E-state index in [4.69, 9.17) is 0 Å². The molecule has 0 saturated heterocycles. The third kappa shape index (κ3) is 2.90. The Kier molecular flexibility index (Phi) is 3.87. The first-order chi connectivity index (χ1) is 8.20. The van der Waals surface area contributed by atoms with Gasteiger partial charge in [-0.15, -0.1) is 11.8 Å². The lowest BCUT2D eigenvalue weighted by Gasteiger charge is -2.12. The van der Waals surface area contributed by atoms with E-state index in [0.717, 1.165) is 11.1 Å². The maximum atomic E-state index is 10.3. The van der Waals surface area contributed by atoms with Crippen LogP contribution in [0.4, 0.5) is 0 Å². The van der Waals surface area contributed by atoms with Crippen molar-refractivity contribution in [2.45, 2.75) is 17.9 Å². The molecular formula is C15H16OS. The Morgan fingerprint density at radius 2 is 1.71 bits per heavy atom. The fourth-order valence-corrected chi connectivity index (χ4v) is 2.23. The molecule has 0 fully saturated rings. The second-order valence-electron chi connectivity index (χ2n) is 4.09. The van der Waals surface area contributed by atoms with Crippen LogP contribution in [0.15, 0.2) is 53.4 Å². The Morgan fingerprint density at radius 3 is 2.29 bits per heavy atom. The second kappa shape index (κ2) is 5.39. The van der Waals surface area contributed by atoms with Gasteiger partial charge in [-0.3, -0.25) is 0 Å². The van der Waals surface area contributed by atoms with Crippen molar-refractivity contribution >= 4 is 11.8 Å². The summed E-state index contributed by atoms with van der Waals surface area (Å²) in [5.41, 5.74) is 3.05. The molecule has 0 aromatic heterocycles. The molecule has 0 heterocycles. The van der Waals surface area contributed by atoms with Crippen LogP contribution >= 0.6 is 11.8 Å². The van der Waals surface area contributed by atoms with Crippen LogP contribution in [0.5, 0.6) is 0 Å². The highest BCUT2D eigenvalue weighted by molar-refractivity contribution is 7.98. The van der Waals surface area contributed by atoms with Gasteiger partial charge < -0.3 is 5.11 Å². The van der Waals surface area contributed by atoms with Crippen LogP contribution in [0.1, 0.15) is 22.8 Å². The summed E-state index contributed by atoms with van der Waals surface area (Å²) in [6.45, 7) is 2.03. The standard InChI is InChI=1S/C15H16OS/c1-11-4-3-5-13(10-11)15(16)12-6-8-14(17-2)9-7-12/h3-10,15-16H,1-2H3. The number of hydrogen-bond acceptors (Lipinski definition) is 2. The average Bonchev–Trinajstić information content (AvgIpc) is 2.38. The van der Waals surface area contributed by atoms with Crippen molar-refractivity contribution in [2.75, 3.05) is 6.26 Å². The number of aliphatic hydroxyl groups is 1. The molecule has 88 valence electrons. The number of aryl methyl sites for hydroxylation is 1. The van der Waals surface area contributed by atoms with Crippen molar-refractivity contribution in [3.8, 4) is 0 Å². The Hall–Kier alpha value is -1.25. The maximum absolute atomic E-state index is 10.3. The largest absolute Gasteiger partial charge is 0.384 e. The molecule has 2 heteroatoms. The van der Waals surface area contributed by atoms with Crippen molar-refractivity contribution in [3.63, 3.8) is 0 Å². The minimum Gasteiger partial charge on any atom is -0.384 e. The summed E-state index contributed by atoms with van der Waals surface area (Å²) in [6.07, 6.45) is 1.51. The van der Waals surface area contributed by atoms with Crippen LogP contribution in [0.25, 0.3) is 0 Å². The molecule has 17 heavy (non-hydrogen) atoms. The smallest absolute Gasteiger partial charge is 0.104 e. The highest BCUT2D eigenvalue weighted by atomic mass is 32.2. The molecule has 0 amide bonds. The summed E-state index contributed by atoms with van der Waals surface area (Å²) < 4.78 is 0. The zero-order chi connectivity index (χ0) is 12.3. The van der Waals surface area contributed by atoms with Gasteiger partial charge >= 0.3 is 0 Å². The third-order valence-corrected chi connectivity index (χ3v) is 3.53. The van der Waals surface area contributed by atoms with Crippen LogP contribution in [0, 0.1) is 6.92 Å². The molecule has 1 atom stereocenters.